The Morgan fingerprint density at radius 3 is 2.33 bits per heavy atom. The number of likely N-dealkylation sites (N-methyl/N-ethyl adjacent to an activating group) is 2. The Kier molecular flexibility index (Phi) is 2.09. The van der Waals surface area contributed by atoms with Crippen LogP contribution < -0.4 is 5.32 Å². The van der Waals surface area contributed by atoms with Gasteiger partial charge in [-0.3, -0.25) is 0 Å². The average Bonchev–Trinajstić information content (AvgIpc) is 2.10. The number of hydrogen-bond donors (Lipinski definition) is 1. The largest absolute Gasteiger partial charge is 0.315 e. The van der Waals surface area contributed by atoms with Gasteiger partial charge in [-0.2, -0.15) is 0 Å². The maximum absolute atomic E-state index is 3.30. The summed E-state index contributed by atoms with van der Waals surface area (Å²) in [5, 5.41) is 3.30. The molecule has 1 heterocycles. The smallest absolute Gasteiger partial charge is 0.0229 e. The Morgan fingerprint density at radius 2 is 2.11 bits per heavy atom. The number of nitrogens with zero attached hydrogens (tertiary/aromatic N) is 1. The van der Waals surface area contributed by atoms with Crippen molar-refractivity contribution in [3.05, 3.63) is 0 Å². The van der Waals surface area contributed by atoms with Gasteiger partial charge in [0.2, 0.25) is 0 Å². The Labute approximate surface area is 57.2 Å². The summed E-state index contributed by atoms with van der Waals surface area (Å²) in [7, 11) is 4.22. The molecule has 2 heteroatoms. The molecule has 1 rings (SSSR count). The van der Waals surface area contributed by atoms with Crippen molar-refractivity contribution in [1.82, 2.24) is 10.2 Å². The SMILES string of the molecule is CN[C@H]1CN(C)C[C@H]1C. The lowest BCUT2D eigenvalue weighted by molar-refractivity contribution is 0.399. The summed E-state index contributed by atoms with van der Waals surface area (Å²) in [5.74, 6) is 0.819. The van der Waals surface area contributed by atoms with E-state index in [9.17, 15) is 0 Å². The van der Waals surface area contributed by atoms with Gasteiger partial charge in [0.05, 0.1) is 0 Å². The fraction of sp³-hybridized carbons (Fsp3) is 1.00. The molecular formula is C7H16N2. The monoisotopic (exact) mass is 128 g/mol. The molecule has 0 bridgehead atoms. The minimum Gasteiger partial charge on any atom is -0.315 e. The molecule has 2 nitrogen and oxygen atoms in total. The highest BCUT2D eigenvalue weighted by Gasteiger charge is 2.24. The average molecular weight is 128 g/mol. The molecule has 0 aromatic heterocycles. The van der Waals surface area contributed by atoms with Gasteiger partial charge < -0.3 is 10.2 Å². The predicted octanol–water partition coefficient (Wildman–Crippen LogP) is 0.156. The van der Waals surface area contributed by atoms with Crippen LogP contribution in [0.5, 0.6) is 0 Å². The minimum absolute atomic E-state index is 0.718. The van der Waals surface area contributed by atoms with E-state index in [4.69, 9.17) is 0 Å². The van der Waals surface area contributed by atoms with Gasteiger partial charge in [0, 0.05) is 19.1 Å². The van der Waals surface area contributed by atoms with Gasteiger partial charge in [-0.25, -0.2) is 0 Å². The highest BCUT2D eigenvalue weighted by molar-refractivity contribution is 4.83. The van der Waals surface area contributed by atoms with Gasteiger partial charge in [0.1, 0.15) is 0 Å². The summed E-state index contributed by atoms with van der Waals surface area (Å²) in [6.07, 6.45) is 0. The Balaban J connectivity index is 2.38. The molecule has 9 heavy (non-hydrogen) atoms. The quantitative estimate of drug-likeness (QED) is 0.541. The topological polar surface area (TPSA) is 15.3 Å². The molecule has 0 aromatic carbocycles. The Morgan fingerprint density at radius 1 is 1.44 bits per heavy atom. The summed E-state index contributed by atoms with van der Waals surface area (Å²) in [6.45, 7) is 4.74. The van der Waals surface area contributed by atoms with Gasteiger partial charge in [-0.15, -0.1) is 0 Å². The van der Waals surface area contributed by atoms with Gasteiger partial charge in [0.25, 0.3) is 0 Å². The first-order valence-corrected chi connectivity index (χ1v) is 3.60. The summed E-state index contributed by atoms with van der Waals surface area (Å²) in [6, 6.07) is 0.718. The van der Waals surface area contributed by atoms with Gasteiger partial charge in [0.15, 0.2) is 0 Å². The van der Waals surface area contributed by atoms with E-state index in [1.165, 1.54) is 13.1 Å². The molecule has 0 aliphatic carbocycles. The Hall–Kier alpha value is -0.0800. The van der Waals surface area contributed by atoms with E-state index in [1.807, 2.05) is 7.05 Å². The summed E-state index contributed by atoms with van der Waals surface area (Å²) >= 11 is 0. The lowest BCUT2D eigenvalue weighted by atomic mass is 10.1. The molecule has 0 unspecified atom stereocenters. The summed E-state index contributed by atoms with van der Waals surface area (Å²) in [5.41, 5.74) is 0. The van der Waals surface area contributed by atoms with E-state index in [0.717, 1.165) is 12.0 Å². The lowest BCUT2D eigenvalue weighted by Gasteiger charge is -2.11. The molecule has 1 N–H and O–H groups in total. The van der Waals surface area contributed by atoms with Crippen molar-refractivity contribution >= 4 is 0 Å². The molecular weight excluding hydrogens is 112 g/mol. The molecule has 0 aromatic rings. The number of rotatable bonds is 1. The molecule has 0 spiro atoms. The fourth-order valence-corrected chi connectivity index (χ4v) is 1.58. The fourth-order valence-electron chi connectivity index (χ4n) is 1.58. The van der Waals surface area contributed by atoms with Crippen LogP contribution in [0.3, 0.4) is 0 Å². The molecule has 2 atom stereocenters. The molecule has 0 saturated carbocycles. The maximum Gasteiger partial charge on any atom is 0.0229 e. The highest BCUT2D eigenvalue weighted by Crippen LogP contribution is 2.12. The molecule has 1 aliphatic heterocycles. The van der Waals surface area contributed by atoms with E-state index in [1.54, 1.807) is 0 Å². The molecule has 0 amide bonds. The molecule has 1 fully saturated rings. The van der Waals surface area contributed by atoms with Crippen LogP contribution in [0, 0.1) is 5.92 Å². The van der Waals surface area contributed by atoms with Crippen molar-refractivity contribution in [2.24, 2.45) is 5.92 Å². The molecule has 54 valence electrons. The molecule has 1 aliphatic rings. The van der Waals surface area contributed by atoms with Crippen LogP contribution >= 0.6 is 0 Å². The van der Waals surface area contributed by atoms with Gasteiger partial charge in [-0.1, -0.05) is 6.92 Å². The van der Waals surface area contributed by atoms with Crippen molar-refractivity contribution in [3.63, 3.8) is 0 Å². The first-order chi connectivity index (χ1) is 4.24. The van der Waals surface area contributed by atoms with Crippen LogP contribution in [0.15, 0.2) is 0 Å². The lowest BCUT2D eigenvalue weighted by Crippen LogP contribution is -2.31. The third kappa shape index (κ3) is 1.43. The second-order valence-electron chi connectivity index (χ2n) is 3.09. The van der Waals surface area contributed by atoms with E-state index in [0.29, 0.717) is 0 Å². The van der Waals surface area contributed by atoms with Crippen LogP contribution in [0.2, 0.25) is 0 Å². The van der Waals surface area contributed by atoms with E-state index >= 15 is 0 Å². The van der Waals surface area contributed by atoms with Crippen molar-refractivity contribution in [1.29, 1.82) is 0 Å². The van der Waals surface area contributed by atoms with Crippen LogP contribution in [-0.4, -0.2) is 38.1 Å². The molecule has 1 saturated heterocycles. The van der Waals surface area contributed by atoms with Crippen molar-refractivity contribution in [3.8, 4) is 0 Å². The minimum atomic E-state index is 0.718. The third-order valence-corrected chi connectivity index (χ3v) is 2.17. The standard InChI is InChI=1S/C7H16N2/c1-6-4-9(3)5-7(6)8-2/h6-8H,4-5H2,1-3H3/t6-,7+/m1/s1. The zero-order chi connectivity index (χ0) is 6.85. The zero-order valence-corrected chi connectivity index (χ0v) is 6.52. The normalized spacial score (nSPS) is 37.7. The Bertz CT molecular complexity index is 92.9. The number of likely N-dealkylation sites (tertiary alicyclic amines) is 1. The van der Waals surface area contributed by atoms with E-state index in [2.05, 4.69) is 24.2 Å². The second-order valence-corrected chi connectivity index (χ2v) is 3.09. The molecule has 0 radical (unpaired) electrons. The van der Waals surface area contributed by atoms with Crippen molar-refractivity contribution in [2.75, 3.05) is 27.2 Å². The number of nitrogens with one attached hydrogen (secondary N) is 1. The van der Waals surface area contributed by atoms with E-state index in [-0.39, 0.29) is 0 Å². The van der Waals surface area contributed by atoms with Crippen LogP contribution in [-0.2, 0) is 0 Å². The predicted molar refractivity (Wildman–Crippen MR) is 39.5 cm³/mol. The third-order valence-electron chi connectivity index (χ3n) is 2.17. The zero-order valence-electron chi connectivity index (χ0n) is 6.52. The second kappa shape index (κ2) is 2.67. The van der Waals surface area contributed by atoms with Crippen LogP contribution in [0.4, 0.5) is 0 Å². The maximum atomic E-state index is 3.30. The van der Waals surface area contributed by atoms with Crippen molar-refractivity contribution in [2.45, 2.75) is 13.0 Å². The van der Waals surface area contributed by atoms with Gasteiger partial charge >= 0.3 is 0 Å². The van der Waals surface area contributed by atoms with Crippen LogP contribution in [0.1, 0.15) is 6.92 Å². The van der Waals surface area contributed by atoms with Crippen molar-refractivity contribution < 1.29 is 0 Å². The highest BCUT2D eigenvalue weighted by atomic mass is 15.2. The van der Waals surface area contributed by atoms with E-state index < -0.39 is 0 Å². The first-order valence-electron chi connectivity index (χ1n) is 3.60. The number of hydrogen-bond acceptors (Lipinski definition) is 2. The van der Waals surface area contributed by atoms with Gasteiger partial charge in [-0.05, 0) is 20.0 Å². The summed E-state index contributed by atoms with van der Waals surface area (Å²) in [4.78, 5) is 2.37. The summed E-state index contributed by atoms with van der Waals surface area (Å²) < 4.78 is 0. The van der Waals surface area contributed by atoms with Crippen LogP contribution in [0.25, 0.3) is 0 Å². The first kappa shape index (κ1) is 7.03.